The van der Waals surface area contributed by atoms with Gasteiger partial charge in [0.1, 0.15) is 18.2 Å². The summed E-state index contributed by atoms with van der Waals surface area (Å²) in [7, 11) is 0. The highest BCUT2D eigenvalue weighted by Gasteiger charge is 2.18. The summed E-state index contributed by atoms with van der Waals surface area (Å²) in [5, 5.41) is 0. The molecule has 0 saturated carbocycles. The van der Waals surface area contributed by atoms with Gasteiger partial charge in [-0.15, -0.1) is 0 Å². The van der Waals surface area contributed by atoms with E-state index in [4.69, 9.17) is 15.5 Å². The zero-order valence-electron chi connectivity index (χ0n) is 14.8. The van der Waals surface area contributed by atoms with Crippen LogP contribution in [0.5, 0.6) is 5.75 Å². The van der Waals surface area contributed by atoms with Crippen LogP contribution in [0, 0.1) is 13.8 Å². The molecule has 0 aliphatic carbocycles. The first-order valence-electron chi connectivity index (χ1n) is 8.27. The Morgan fingerprint density at radius 2 is 1.71 bits per heavy atom. The number of rotatable bonds is 5. The molecule has 1 aromatic heterocycles. The van der Waals surface area contributed by atoms with E-state index in [1.807, 2.05) is 38.1 Å². The fraction of sp³-hybridized carbons (Fsp3) is 0.350. The number of aromatic nitrogens is 2. The molecule has 0 amide bonds. The first-order valence-corrected chi connectivity index (χ1v) is 8.27. The van der Waals surface area contributed by atoms with Crippen LogP contribution in [0.1, 0.15) is 30.8 Å². The molecule has 0 unspecified atom stereocenters. The van der Waals surface area contributed by atoms with Crippen molar-refractivity contribution in [2.75, 3.05) is 0 Å². The van der Waals surface area contributed by atoms with Crippen LogP contribution in [0.4, 0.5) is 0 Å². The van der Waals surface area contributed by atoms with Gasteiger partial charge in [0.2, 0.25) is 0 Å². The number of hydrogen-bond acceptors (Lipinski definition) is 3. The molecule has 0 spiro atoms. The Balaban J connectivity index is 1.95. The van der Waals surface area contributed by atoms with Crippen molar-refractivity contribution in [3.05, 3.63) is 59.4 Å². The van der Waals surface area contributed by atoms with Gasteiger partial charge >= 0.3 is 0 Å². The summed E-state index contributed by atoms with van der Waals surface area (Å²) in [5.74, 6) is 1.83. The molecule has 0 radical (unpaired) electrons. The van der Waals surface area contributed by atoms with E-state index >= 15 is 0 Å². The minimum atomic E-state index is -0.323. The molecule has 0 aliphatic rings. The molecule has 4 nitrogen and oxygen atoms in total. The monoisotopic (exact) mass is 323 g/mol. The molecule has 0 bridgehead atoms. The van der Waals surface area contributed by atoms with Crippen LogP contribution < -0.4 is 10.5 Å². The third kappa shape index (κ3) is 3.44. The van der Waals surface area contributed by atoms with Crippen molar-refractivity contribution in [2.24, 2.45) is 5.73 Å². The molecule has 0 aliphatic heterocycles. The molecule has 126 valence electrons. The molecule has 0 saturated heterocycles. The van der Waals surface area contributed by atoms with Crippen LogP contribution in [-0.2, 0) is 13.2 Å². The van der Waals surface area contributed by atoms with E-state index < -0.39 is 0 Å². The Bertz CT molecular complexity index is 839. The number of imidazole rings is 1. The fourth-order valence-electron chi connectivity index (χ4n) is 2.98. The second kappa shape index (κ2) is 6.29. The maximum Gasteiger partial charge on any atom is 0.148 e. The number of nitrogens with two attached hydrogens (primary N) is 1. The van der Waals surface area contributed by atoms with E-state index in [1.54, 1.807) is 0 Å². The fourth-order valence-corrected chi connectivity index (χ4v) is 2.98. The van der Waals surface area contributed by atoms with Crippen molar-refractivity contribution in [1.82, 2.24) is 9.55 Å². The summed E-state index contributed by atoms with van der Waals surface area (Å²) < 4.78 is 8.28. The lowest BCUT2D eigenvalue weighted by atomic mass is 10.1. The number of para-hydroxylation sites is 3. The molecule has 4 heteroatoms. The van der Waals surface area contributed by atoms with Crippen molar-refractivity contribution in [1.29, 1.82) is 0 Å². The number of nitrogens with zero attached hydrogens (tertiary/aromatic N) is 2. The van der Waals surface area contributed by atoms with Gasteiger partial charge < -0.3 is 15.0 Å². The Kier molecular flexibility index (Phi) is 4.33. The molecular weight excluding hydrogens is 298 g/mol. The highest BCUT2D eigenvalue weighted by Crippen LogP contribution is 2.25. The van der Waals surface area contributed by atoms with E-state index in [0.717, 1.165) is 33.7 Å². The molecule has 1 heterocycles. The normalized spacial score (nSPS) is 11.9. The maximum atomic E-state index is 6.25. The minimum absolute atomic E-state index is 0.323. The predicted molar refractivity (Wildman–Crippen MR) is 98.2 cm³/mol. The first-order chi connectivity index (χ1) is 11.3. The van der Waals surface area contributed by atoms with Crippen LogP contribution in [0.25, 0.3) is 11.0 Å². The predicted octanol–water partition coefficient (Wildman–Crippen LogP) is 3.97. The molecular formula is C20H25N3O. The smallest absolute Gasteiger partial charge is 0.148 e. The summed E-state index contributed by atoms with van der Waals surface area (Å²) >= 11 is 0. The Morgan fingerprint density at radius 3 is 2.38 bits per heavy atom. The molecule has 3 aromatic rings. The summed E-state index contributed by atoms with van der Waals surface area (Å²) in [5.41, 5.74) is 10.3. The third-order valence-electron chi connectivity index (χ3n) is 4.05. The first kappa shape index (κ1) is 16.5. The van der Waals surface area contributed by atoms with Gasteiger partial charge in [-0.1, -0.05) is 30.3 Å². The lowest BCUT2D eigenvalue weighted by Crippen LogP contribution is -2.37. The zero-order valence-corrected chi connectivity index (χ0v) is 14.8. The molecule has 24 heavy (non-hydrogen) atoms. The van der Waals surface area contributed by atoms with E-state index in [0.29, 0.717) is 13.2 Å². The quantitative estimate of drug-likeness (QED) is 0.773. The van der Waals surface area contributed by atoms with Gasteiger partial charge in [-0.3, -0.25) is 0 Å². The molecule has 0 fully saturated rings. The minimum Gasteiger partial charge on any atom is -0.485 e. The SMILES string of the molecule is Cc1cccc(C)c1OCc1nc2ccccc2n1CC(C)(C)N. The average molecular weight is 323 g/mol. The van der Waals surface area contributed by atoms with Crippen LogP contribution in [0.3, 0.4) is 0 Å². The lowest BCUT2D eigenvalue weighted by Gasteiger charge is -2.21. The maximum absolute atomic E-state index is 6.25. The second-order valence-corrected chi connectivity index (χ2v) is 7.10. The van der Waals surface area contributed by atoms with Crippen LogP contribution in [0.2, 0.25) is 0 Å². The topological polar surface area (TPSA) is 53.1 Å². The van der Waals surface area contributed by atoms with Gasteiger partial charge in [0, 0.05) is 12.1 Å². The summed E-state index contributed by atoms with van der Waals surface area (Å²) in [6.07, 6.45) is 0. The van der Waals surface area contributed by atoms with Crippen molar-refractivity contribution in [3.63, 3.8) is 0 Å². The lowest BCUT2D eigenvalue weighted by molar-refractivity contribution is 0.281. The number of hydrogen-bond donors (Lipinski definition) is 1. The van der Waals surface area contributed by atoms with E-state index in [2.05, 4.69) is 36.6 Å². The van der Waals surface area contributed by atoms with Gasteiger partial charge in [0.05, 0.1) is 11.0 Å². The van der Waals surface area contributed by atoms with Crippen LogP contribution >= 0.6 is 0 Å². The number of ether oxygens (including phenoxy) is 1. The molecule has 2 N–H and O–H groups in total. The van der Waals surface area contributed by atoms with E-state index in [1.165, 1.54) is 0 Å². The van der Waals surface area contributed by atoms with Gasteiger partial charge in [0.15, 0.2) is 0 Å². The standard InChI is InChI=1S/C20H25N3O/c1-14-8-7-9-15(2)19(14)24-12-18-22-16-10-5-6-11-17(16)23(18)13-20(3,4)21/h5-11H,12-13,21H2,1-4H3. The van der Waals surface area contributed by atoms with Gasteiger partial charge in [-0.2, -0.15) is 0 Å². The van der Waals surface area contributed by atoms with Crippen LogP contribution in [0.15, 0.2) is 42.5 Å². The molecule has 0 atom stereocenters. The summed E-state index contributed by atoms with van der Waals surface area (Å²) in [4.78, 5) is 4.75. The molecule has 2 aromatic carbocycles. The summed E-state index contributed by atoms with van der Waals surface area (Å²) in [6, 6.07) is 14.3. The summed E-state index contributed by atoms with van der Waals surface area (Å²) in [6.45, 7) is 9.30. The third-order valence-corrected chi connectivity index (χ3v) is 4.05. The van der Waals surface area contributed by atoms with Gasteiger partial charge in [-0.05, 0) is 51.0 Å². The Morgan fingerprint density at radius 1 is 1.04 bits per heavy atom. The van der Waals surface area contributed by atoms with Crippen molar-refractivity contribution in [3.8, 4) is 5.75 Å². The highest BCUT2D eigenvalue weighted by molar-refractivity contribution is 5.75. The van der Waals surface area contributed by atoms with Crippen LogP contribution in [-0.4, -0.2) is 15.1 Å². The number of aryl methyl sites for hydroxylation is 2. The van der Waals surface area contributed by atoms with Crippen molar-refractivity contribution in [2.45, 2.75) is 46.4 Å². The zero-order chi connectivity index (χ0) is 17.3. The van der Waals surface area contributed by atoms with Gasteiger partial charge in [0.25, 0.3) is 0 Å². The van der Waals surface area contributed by atoms with E-state index in [-0.39, 0.29) is 5.54 Å². The largest absolute Gasteiger partial charge is 0.485 e. The highest BCUT2D eigenvalue weighted by atomic mass is 16.5. The number of fused-ring (bicyclic) bond motifs is 1. The number of benzene rings is 2. The second-order valence-electron chi connectivity index (χ2n) is 7.10. The Hall–Kier alpha value is -2.33. The van der Waals surface area contributed by atoms with Gasteiger partial charge in [-0.25, -0.2) is 4.98 Å². The average Bonchev–Trinajstić information content (AvgIpc) is 2.83. The van der Waals surface area contributed by atoms with E-state index in [9.17, 15) is 0 Å². The van der Waals surface area contributed by atoms with Crippen molar-refractivity contribution >= 4 is 11.0 Å². The molecule has 3 rings (SSSR count). The van der Waals surface area contributed by atoms with Crippen molar-refractivity contribution < 1.29 is 4.74 Å². The Labute approximate surface area is 143 Å².